The smallest absolute Gasteiger partial charge is 0.137 e. The van der Waals surface area contributed by atoms with Gasteiger partial charge in [0.05, 0.1) is 11.1 Å². The Morgan fingerprint density at radius 1 is 1.46 bits per heavy atom. The van der Waals surface area contributed by atoms with Gasteiger partial charge >= 0.3 is 0 Å². The van der Waals surface area contributed by atoms with Crippen molar-refractivity contribution in [1.82, 2.24) is 0 Å². The third-order valence-corrected chi connectivity index (χ3v) is 2.57. The molecule has 13 heavy (non-hydrogen) atoms. The van der Waals surface area contributed by atoms with Gasteiger partial charge in [-0.25, -0.2) is 14.2 Å². The highest BCUT2D eigenvalue weighted by Gasteiger charge is 2.19. The van der Waals surface area contributed by atoms with E-state index in [9.17, 15) is 4.39 Å². The van der Waals surface area contributed by atoms with Gasteiger partial charge in [-0.1, -0.05) is 6.07 Å². The van der Waals surface area contributed by atoms with Crippen LogP contribution in [0.25, 0.3) is 0 Å². The molecule has 2 rings (SSSR count). The second-order valence-electron chi connectivity index (χ2n) is 2.87. The van der Waals surface area contributed by atoms with Crippen LogP contribution in [0.2, 0.25) is 0 Å². The van der Waals surface area contributed by atoms with Crippen LogP contribution < -0.4 is 0 Å². The molecule has 1 aliphatic rings. The highest BCUT2D eigenvalue weighted by atomic mass is 79.9. The van der Waals surface area contributed by atoms with E-state index in [1.807, 2.05) is 0 Å². The first-order valence-corrected chi connectivity index (χ1v) is 4.80. The summed E-state index contributed by atoms with van der Waals surface area (Å²) in [6, 6.07) is 4.84. The lowest BCUT2D eigenvalue weighted by atomic mass is 10.1. The Balaban J connectivity index is 2.25. The fourth-order valence-electron chi connectivity index (χ4n) is 1.27. The van der Waals surface area contributed by atoms with E-state index >= 15 is 0 Å². The van der Waals surface area contributed by atoms with Crippen LogP contribution in [-0.2, 0) is 9.78 Å². The molecule has 1 aliphatic heterocycles. The molecular weight excluding hydrogens is 239 g/mol. The molecule has 1 heterocycles. The topological polar surface area (TPSA) is 18.5 Å². The average molecular weight is 247 g/mol. The van der Waals surface area contributed by atoms with Gasteiger partial charge in [0.25, 0.3) is 0 Å². The van der Waals surface area contributed by atoms with Gasteiger partial charge in [-0.2, -0.15) is 0 Å². The summed E-state index contributed by atoms with van der Waals surface area (Å²) in [6.45, 7) is 0.597. The van der Waals surface area contributed by atoms with Crippen molar-refractivity contribution in [1.29, 1.82) is 0 Å². The molecule has 0 aliphatic carbocycles. The molecule has 1 unspecified atom stereocenters. The predicted molar refractivity (Wildman–Crippen MR) is 48.5 cm³/mol. The summed E-state index contributed by atoms with van der Waals surface area (Å²) >= 11 is 3.12. The Hall–Kier alpha value is -0.450. The lowest BCUT2D eigenvalue weighted by Gasteiger charge is -2.07. The number of hydrogen-bond donors (Lipinski definition) is 0. The number of benzene rings is 1. The van der Waals surface area contributed by atoms with Gasteiger partial charge in [0.15, 0.2) is 0 Å². The van der Waals surface area contributed by atoms with Crippen LogP contribution in [-0.4, -0.2) is 6.61 Å². The minimum Gasteiger partial charge on any atom is -0.236 e. The van der Waals surface area contributed by atoms with Crippen LogP contribution in [0.5, 0.6) is 0 Å². The van der Waals surface area contributed by atoms with Crippen LogP contribution in [0, 0.1) is 5.82 Å². The van der Waals surface area contributed by atoms with Crippen molar-refractivity contribution in [3.63, 3.8) is 0 Å². The molecular formula is C9H8BrFO2. The summed E-state index contributed by atoms with van der Waals surface area (Å²) in [5.41, 5.74) is 0.936. The monoisotopic (exact) mass is 246 g/mol. The molecule has 0 N–H and O–H groups in total. The molecule has 0 aromatic heterocycles. The molecule has 1 atom stereocenters. The lowest BCUT2D eigenvalue weighted by Crippen LogP contribution is -1.95. The van der Waals surface area contributed by atoms with Gasteiger partial charge in [-0.05, 0) is 33.6 Å². The highest BCUT2D eigenvalue weighted by Crippen LogP contribution is 2.29. The van der Waals surface area contributed by atoms with Gasteiger partial charge in [-0.3, -0.25) is 0 Å². The Bertz CT molecular complexity index is 310. The minimum absolute atomic E-state index is 0.0584. The summed E-state index contributed by atoms with van der Waals surface area (Å²) in [6.07, 6.45) is 0.759. The SMILES string of the molecule is Fc1ccc(C2CCOO2)cc1Br. The van der Waals surface area contributed by atoms with Crippen LogP contribution in [0.3, 0.4) is 0 Å². The Morgan fingerprint density at radius 3 is 2.92 bits per heavy atom. The molecule has 0 spiro atoms. The van der Waals surface area contributed by atoms with Gasteiger partial charge in [0.1, 0.15) is 11.9 Å². The summed E-state index contributed by atoms with van der Waals surface area (Å²) in [7, 11) is 0. The molecule has 0 saturated carbocycles. The molecule has 0 amide bonds. The van der Waals surface area contributed by atoms with E-state index in [-0.39, 0.29) is 11.9 Å². The first-order valence-electron chi connectivity index (χ1n) is 4.00. The Labute approximate surface area is 83.7 Å². The maximum atomic E-state index is 12.9. The van der Waals surface area contributed by atoms with Crippen molar-refractivity contribution < 1.29 is 14.2 Å². The van der Waals surface area contributed by atoms with E-state index in [1.165, 1.54) is 6.07 Å². The van der Waals surface area contributed by atoms with Crippen LogP contribution in [0.4, 0.5) is 4.39 Å². The van der Waals surface area contributed by atoms with Crippen molar-refractivity contribution in [2.24, 2.45) is 0 Å². The third kappa shape index (κ3) is 1.90. The summed E-state index contributed by atoms with van der Waals surface area (Å²) in [4.78, 5) is 9.76. The first-order chi connectivity index (χ1) is 6.27. The molecule has 70 valence electrons. The third-order valence-electron chi connectivity index (χ3n) is 1.96. The van der Waals surface area contributed by atoms with Gasteiger partial charge in [0, 0.05) is 6.42 Å². The van der Waals surface area contributed by atoms with E-state index in [1.54, 1.807) is 12.1 Å². The van der Waals surface area contributed by atoms with Crippen LogP contribution >= 0.6 is 15.9 Å². The predicted octanol–water partition coefficient (Wildman–Crippen LogP) is 2.98. The molecule has 1 saturated heterocycles. The van der Waals surface area contributed by atoms with Crippen molar-refractivity contribution in [3.05, 3.63) is 34.1 Å². The fourth-order valence-corrected chi connectivity index (χ4v) is 1.66. The van der Waals surface area contributed by atoms with Crippen LogP contribution in [0.15, 0.2) is 22.7 Å². The zero-order chi connectivity index (χ0) is 9.26. The molecule has 4 heteroatoms. The lowest BCUT2D eigenvalue weighted by molar-refractivity contribution is -0.276. The van der Waals surface area contributed by atoms with Gasteiger partial charge < -0.3 is 0 Å². The molecule has 1 aromatic carbocycles. The first kappa shape index (κ1) is 9.12. The second kappa shape index (κ2) is 3.74. The van der Waals surface area contributed by atoms with Gasteiger partial charge in [-0.15, -0.1) is 0 Å². The number of halogens is 2. The number of hydrogen-bond acceptors (Lipinski definition) is 2. The average Bonchev–Trinajstić information content (AvgIpc) is 2.62. The molecule has 0 bridgehead atoms. The zero-order valence-electron chi connectivity index (χ0n) is 6.80. The summed E-state index contributed by atoms with van der Waals surface area (Å²) in [5.74, 6) is -0.261. The fraction of sp³-hybridized carbons (Fsp3) is 0.333. The zero-order valence-corrected chi connectivity index (χ0v) is 8.38. The van der Waals surface area contributed by atoms with Crippen molar-refractivity contribution >= 4 is 15.9 Å². The molecule has 1 aromatic rings. The van der Waals surface area contributed by atoms with E-state index in [0.717, 1.165) is 12.0 Å². The molecule has 1 fully saturated rings. The highest BCUT2D eigenvalue weighted by molar-refractivity contribution is 9.10. The largest absolute Gasteiger partial charge is 0.236 e. The Kier molecular flexibility index (Phi) is 2.62. The summed E-state index contributed by atoms with van der Waals surface area (Å²) in [5, 5.41) is 0. The van der Waals surface area contributed by atoms with Crippen molar-refractivity contribution in [3.8, 4) is 0 Å². The molecule has 2 nitrogen and oxygen atoms in total. The standard InChI is InChI=1S/C9H8BrFO2/c10-7-5-6(1-2-8(7)11)9-3-4-12-13-9/h1-2,5,9H,3-4H2. The van der Waals surface area contributed by atoms with E-state index in [0.29, 0.717) is 11.1 Å². The number of rotatable bonds is 1. The Morgan fingerprint density at radius 2 is 2.31 bits per heavy atom. The quantitative estimate of drug-likeness (QED) is 0.710. The summed E-state index contributed by atoms with van der Waals surface area (Å²) < 4.78 is 13.3. The van der Waals surface area contributed by atoms with E-state index in [2.05, 4.69) is 15.9 Å². The minimum atomic E-state index is -0.261. The maximum absolute atomic E-state index is 12.9. The van der Waals surface area contributed by atoms with E-state index in [4.69, 9.17) is 9.78 Å². The second-order valence-corrected chi connectivity index (χ2v) is 3.72. The van der Waals surface area contributed by atoms with Gasteiger partial charge in [0.2, 0.25) is 0 Å². The molecule has 0 radical (unpaired) electrons. The van der Waals surface area contributed by atoms with E-state index < -0.39 is 0 Å². The van der Waals surface area contributed by atoms with Crippen molar-refractivity contribution in [2.75, 3.05) is 6.61 Å². The van der Waals surface area contributed by atoms with Crippen LogP contribution in [0.1, 0.15) is 18.1 Å². The normalized spacial score (nSPS) is 22.2. The van der Waals surface area contributed by atoms with Crippen molar-refractivity contribution in [2.45, 2.75) is 12.5 Å². The maximum Gasteiger partial charge on any atom is 0.137 e.